The Morgan fingerprint density at radius 2 is 2.25 bits per heavy atom. The molecule has 6 heteroatoms. The van der Waals surface area contributed by atoms with Crippen LogP contribution in [0.15, 0.2) is 34.5 Å². The van der Waals surface area contributed by atoms with Crippen LogP contribution in [0.1, 0.15) is 25.1 Å². The van der Waals surface area contributed by atoms with E-state index in [1.807, 2.05) is 13.8 Å². The number of oxime groups is 1. The minimum absolute atomic E-state index is 0.486. The van der Waals surface area contributed by atoms with Gasteiger partial charge in [0, 0.05) is 17.9 Å². The number of anilines is 1. The van der Waals surface area contributed by atoms with Crippen LogP contribution in [-0.4, -0.2) is 29.4 Å². The molecule has 0 unspecified atom stereocenters. The highest BCUT2D eigenvalue weighted by atomic mass is 16.6. The molecule has 0 aliphatic rings. The van der Waals surface area contributed by atoms with Crippen molar-refractivity contribution >= 4 is 24.8 Å². The van der Waals surface area contributed by atoms with E-state index in [2.05, 4.69) is 38.7 Å². The third-order valence-corrected chi connectivity index (χ3v) is 2.45. The van der Waals surface area contributed by atoms with Gasteiger partial charge in [-0.2, -0.15) is 0 Å². The normalized spacial score (nSPS) is 11.4. The summed E-state index contributed by atoms with van der Waals surface area (Å²) in [6.45, 7) is 13.2. The highest BCUT2D eigenvalue weighted by molar-refractivity contribution is 5.58. The number of nitrogens with zero attached hydrogens (tertiary/aromatic N) is 4. The van der Waals surface area contributed by atoms with E-state index in [4.69, 9.17) is 4.84 Å². The van der Waals surface area contributed by atoms with E-state index >= 15 is 0 Å². The van der Waals surface area contributed by atoms with Crippen molar-refractivity contribution in [3.63, 3.8) is 0 Å². The molecule has 0 radical (unpaired) electrons. The maximum atomic E-state index is 5.12. The number of rotatable bonds is 7. The van der Waals surface area contributed by atoms with E-state index in [1.165, 1.54) is 6.33 Å². The van der Waals surface area contributed by atoms with Crippen molar-refractivity contribution in [1.29, 1.82) is 0 Å². The average molecular weight is 273 g/mol. The summed E-state index contributed by atoms with van der Waals surface area (Å²) in [5, 5.41) is 6.84. The van der Waals surface area contributed by atoms with Gasteiger partial charge in [-0.05, 0) is 27.5 Å². The van der Waals surface area contributed by atoms with Crippen LogP contribution in [-0.2, 0) is 4.84 Å². The van der Waals surface area contributed by atoms with Gasteiger partial charge in [0.1, 0.15) is 17.9 Å². The molecule has 106 valence electrons. The molecule has 0 aliphatic heterocycles. The van der Waals surface area contributed by atoms with Gasteiger partial charge in [-0.1, -0.05) is 11.7 Å². The summed E-state index contributed by atoms with van der Waals surface area (Å²) in [7, 11) is 0. The average Bonchev–Trinajstić information content (AvgIpc) is 2.45. The lowest BCUT2D eigenvalue weighted by molar-refractivity contribution is 0.234. The van der Waals surface area contributed by atoms with Crippen molar-refractivity contribution in [3.05, 3.63) is 35.6 Å². The predicted octanol–water partition coefficient (Wildman–Crippen LogP) is 2.79. The Bertz CT molecular complexity index is 548. The number of hydrogen-bond donors (Lipinski definition) is 1. The first kappa shape index (κ1) is 15.6. The van der Waals surface area contributed by atoms with Crippen LogP contribution in [0.5, 0.6) is 0 Å². The molecule has 0 saturated heterocycles. The minimum Gasteiger partial charge on any atom is -0.364 e. The molecule has 0 bridgehead atoms. The predicted molar refractivity (Wildman–Crippen MR) is 82.8 cm³/mol. The molecule has 1 N–H and O–H groups in total. The van der Waals surface area contributed by atoms with Crippen molar-refractivity contribution in [1.82, 2.24) is 9.97 Å². The van der Waals surface area contributed by atoms with Gasteiger partial charge in [0.25, 0.3) is 0 Å². The molecule has 0 amide bonds. The maximum Gasteiger partial charge on any atom is 0.134 e. The molecule has 0 saturated carbocycles. The summed E-state index contributed by atoms with van der Waals surface area (Å²) in [5.74, 6) is 1.37. The second-order valence-electron chi connectivity index (χ2n) is 4.02. The lowest BCUT2D eigenvalue weighted by Gasteiger charge is -2.09. The van der Waals surface area contributed by atoms with Crippen LogP contribution in [0.4, 0.5) is 5.82 Å². The van der Waals surface area contributed by atoms with Crippen LogP contribution < -0.4 is 5.32 Å². The van der Waals surface area contributed by atoms with E-state index in [0.717, 1.165) is 17.1 Å². The Morgan fingerprint density at radius 1 is 1.50 bits per heavy atom. The van der Waals surface area contributed by atoms with E-state index < -0.39 is 0 Å². The topological polar surface area (TPSA) is 71.8 Å². The molecule has 20 heavy (non-hydrogen) atoms. The Labute approximate surface area is 119 Å². The fourth-order valence-electron chi connectivity index (χ4n) is 1.38. The molecule has 0 spiro atoms. The molecule has 1 rings (SSSR count). The summed E-state index contributed by atoms with van der Waals surface area (Å²) < 4.78 is 0. The Hall–Kier alpha value is -2.50. The van der Waals surface area contributed by atoms with Gasteiger partial charge < -0.3 is 10.2 Å². The van der Waals surface area contributed by atoms with E-state index in [1.54, 1.807) is 19.2 Å². The number of allylic oxidation sites excluding steroid dienone is 1. The summed E-state index contributed by atoms with van der Waals surface area (Å²) in [6.07, 6.45) is 4.86. The second-order valence-corrected chi connectivity index (χ2v) is 4.02. The zero-order valence-corrected chi connectivity index (χ0v) is 12.1. The SMILES string of the molecule is C=NC(=C)CNc1ncnc(/C=C(\C)O/N=C/C)c1C. The largest absolute Gasteiger partial charge is 0.364 e. The van der Waals surface area contributed by atoms with Crippen LogP contribution in [0.2, 0.25) is 0 Å². The second kappa shape index (κ2) is 7.83. The third-order valence-electron chi connectivity index (χ3n) is 2.45. The first-order valence-electron chi connectivity index (χ1n) is 6.11. The Balaban J connectivity index is 2.89. The molecule has 6 nitrogen and oxygen atoms in total. The molecular formula is C14H19N5O. The Morgan fingerprint density at radius 3 is 2.90 bits per heavy atom. The van der Waals surface area contributed by atoms with E-state index in [-0.39, 0.29) is 0 Å². The highest BCUT2D eigenvalue weighted by Gasteiger charge is 2.06. The lowest BCUT2D eigenvalue weighted by Crippen LogP contribution is -2.07. The number of aliphatic imine (C=N–C) groups is 1. The Kier molecular flexibility index (Phi) is 6.09. The summed E-state index contributed by atoms with van der Waals surface area (Å²) in [5.41, 5.74) is 2.33. The van der Waals surface area contributed by atoms with Crippen molar-refractivity contribution < 1.29 is 4.84 Å². The van der Waals surface area contributed by atoms with Gasteiger partial charge >= 0.3 is 0 Å². The standard InChI is InChI=1S/C14H19N5O/c1-6-19-20-11(3)7-13-12(4)14(18-9-17-13)16-8-10(2)15-5/h6-7,9H,2,5,8H2,1,3-4H3,(H,16,17,18)/b11-7+,19-6+. The smallest absolute Gasteiger partial charge is 0.134 e. The number of hydrogen-bond acceptors (Lipinski definition) is 6. The van der Waals surface area contributed by atoms with Gasteiger partial charge in [0.15, 0.2) is 0 Å². The summed E-state index contributed by atoms with van der Waals surface area (Å²) in [4.78, 5) is 17.3. The van der Waals surface area contributed by atoms with Crippen LogP contribution >= 0.6 is 0 Å². The monoisotopic (exact) mass is 273 g/mol. The molecule has 0 atom stereocenters. The quantitative estimate of drug-likeness (QED) is 0.471. The molecule has 1 aromatic heterocycles. The maximum absolute atomic E-state index is 5.12. The van der Waals surface area contributed by atoms with Gasteiger partial charge in [-0.3, -0.25) is 4.99 Å². The molecule has 0 aliphatic carbocycles. The number of nitrogens with one attached hydrogen (secondary N) is 1. The van der Waals surface area contributed by atoms with Crippen molar-refractivity contribution in [3.8, 4) is 0 Å². The lowest BCUT2D eigenvalue weighted by atomic mass is 10.2. The molecule has 0 aromatic carbocycles. The van der Waals surface area contributed by atoms with Crippen LogP contribution in [0.3, 0.4) is 0 Å². The van der Waals surface area contributed by atoms with Crippen molar-refractivity contribution in [2.45, 2.75) is 20.8 Å². The van der Waals surface area contributed by atoms with Crippen LogP contribution in [0.25, 0.3) is 6.08 Å². The molecule has 1 heterocycles. The van der Waals surface area contributed by atoms with E-state index in [0.29, 0.717) is 18.0 Å². The fraction of sp³-hybridized carbons (Fsp3) is 0.286. The fourth-order valence-corrected chi connectivity index (χ4v) is 1.38. The molecule has 1 aromatic rings. The van der Waals surface area contributed by atoms with Crippen molar-refractivity contribution in [2.24, 2.45) is 10.1 Å². The van der Waals surface area contributed by atoms with Gasteiger partial charge in [-0.25, -0.2) is 9.97 Å². The zero-order valence-electron chi connectivity index (χ0n) is 12.1. The summed E-state index contributed by atoms with van der Waals surface area (Å²) >= 11 is 0. The number of aromatic nitrogens is 2. The zero-order chi connectivity index (χ0) is 15.0. The van der Waals surface area contributed by atoms with Gasteiger partial charge in [0.2, 0.25) is 0 Å². The first-order valence-corrected chi connectivity index (χ1v) is 6.11. The molecule has 0 fully saturated rings. The van der Waals surface area contributed by atoms with Crippen molar-refractivity contribution in [2.75, 3.05) is 11.9 Å². The van der Waals surface area contributed by atoms with E-state index in [9.17, 15) is 0 Å². The highest BCUT2D eigenvalue weighted by Crippen LogP contribution is 2.17. The molecular weight excluding hydrogens is 254 g/mol. The van der Waals surface area contributed by atoms with Gasteiger partial charge in [0.05, 0.1) is 17.9 Å². The third kappa shape index (κ3) is 4.64. The first-order chi connectivity index (χ1) is 9.58. The van der Waals surface area contributed by atoms with Crippen LogP contribution in [0, 0.1) is 6.92 Å². The van der Waals surface area contributed by atoms with Gasteiger partial charge in [-0.15, -0.1) is 0 Å². The minimum atomic E-state index is 0.486. The summed E-state index contributed by atoms with van der Waals surface area (Å²) in [6, 6.07) is 0.